The SMILES string of the molecule is CC(NC1CCOC1)C12CC3CC(CC(C3)C1)C2. The van der Waals surface area contributed by atoms with Crippen LogP contribution in [-0.2, 0) is 4.74 Å². The van der Waals surface area contributed by atoms with E-state index in [9.17, 15) is 0 Å². The minimum absolute atomic E-state index is 0.632. The smallest absolute Gasteiger partial charge is 0.0620 e. The molecule has 1 N–H and O–H groups in total. The summed E-state index contributed by atoms with van der Waals surface area (Å²) < 4.78 is 5.51. The minimum atomic E-state index is 0.632. The van der Waals surface area contributed by atoms with Crippen LogP contribution in [0, 0.1) is 23.2 Å². The van der Waals surface area contributed by atoms with Crippen molar-refractivity contribution in [2.75, 3.05) is 13.2 Å². The fourth-order valence-corrected chi connectivity index (χ4v) is 5.90. The van der Waals surface area contributed by atoms with E-state index in [-0.39, 0.29) is 0 Å². The van der Waals surface area contributed by atoms with E-state index in [0.717, 1.165) is 31.0 Å². The Labute approximate surface area is 111 Å². The molecule has 4 saturated carbocycles. The molecule has 5 fully saturated rings. The molecule has 2 heteroatoms. The number of hydrogen-bond acceptors (Lipinski definition) is 2. The van der Waals surface area contributed by atoms with Crippen LogP contribution in [-0.4, -0.2) is 25.3 Å². The first-order valence-corrected chi connectivity index (χ1v) is 8.07. The molecule has 5 aliphatic rings. The van der Waals surface area contributed by atoms with Crippen molar-refractivity contribution in [3.05, 3.63) is 0 Å². The first kappa shape index (κ1) is 11.7. The molecule has 0 amide bonds. The second-order valence-corrected chi connectivity index (χ2v) is 7.73. The summed E-state index contributed by atoms with van der Waals surface area (Å²) in [5.41, 5.74) is 0.650. The molecular formula is C16H27NO. The summed E-state index contributed by atoms with van der Waals surface area (Å²) in [5, 5.41) is 3.91. The Kier molecular flexibility index (Phi) is 2.74. The Morgan fingerprint density at radius 2 is 1.67 bits per heavy atom. The topological polar surface area (TPSA) is 21.3 Å². The third kappa shape index (κ3) is 1.84. The van der Waals surface area contributed by atoms with Gasteiger partial charge in [-0.2, -0.15) is 0 Å². The average molecular weight is 249 g/mol. The van der Waals surface area contributed by atoms with Crippen LogP contribution in [0.2, 0.25) is 0 Å². The number of nitrogens with one attached hydrogen (secondary N) is 1. The fourth-order valence-electron chi connectivity index (χ4n) is 5.90. The van der Waals surface area contributed by atoms with Crippen molar-refractivity contribution >= 4 is 0 Å². The third-order valence-electron chi connectivity index (χ3n) is 6.42. The van der Waals surface area contributed by atoms with Crippen molar-refractivity contribution in [3.8, 4) is 0 Å². The molecule has 4 bridgehead atoms. The van der Waals surface area contributed by atoms with Gasteiger partial charge in [0.25, 0.3) is 0 Å². The maximum absolute atomic E-state index is 5.51. The Hall–Kier alpha value is -0.0800. The third-order valence-corrected chi connectivity index (χ3v) is 6.42. The van der Waals surface area contributed by atoms with Gasteiger partial charge >= 0.3 is 0 Å². The van der Waals surface area contributed by atoms with Crippen molar-refractivity contribution < 1.29 is 4.74 Å². The van der Waals surface area contributed by atoms with Crippen molar-refractivity contribution in [1.29, 1.82) is 0 Å². The maximum atomic E-state index is 5.51. The molecule has 18 heavy (non-hydrogen) atoms. The Morgan fingerprint density at radius 3 is 2.17 bits per heavy atom. The van der Waals surface area contributed by atoms with E-state index in [1.165, 1.54) is 25.7 Å². The number of ether oxygens (including phenoxy) is 1. The molecule has 0 radical (unpaired) electrons. The molecule has 0 aromatic heterocycles. The predicted molar refractivity (Wildman–Crippen MR) is 72.4 cm³/mol. The van der Waals surface area contributed by atoms with Crippen molar-refractivity contribution in [2.24, 2.45) is 23.2 Å². The van der Waals surface area contributed by atoms with Gasteiger partial charge in [-0.3, -0.25) is 0 Å². The van der Waals surface area contributed by atoms with Gasteiger partial charge in [-0.05, 0) is 75.0 Å². The van der Waals surface area contributed by atoms with E-state index in [4.69, 9.17) is 4.74 Å². The lowest BCUT2D eigenvalue weighted by Crippen LogP contribution is -2.56. The van der Waals surface area contributed by atoms with Crippen LogP contribution in [0.5, 0.6) is 0 Å². The molecule has 2 unspecified atom stereocenters. The van der Waals surface area contributed by atoms with Gasteiger partial charge in [0.15, 0.2) is 0 Å². The zero-order valence-electron chi connectivity index (χ0n) is 11.7. The molecule has 1 heterocycles. The maximum Gasteiger partial charge on any atom is 0.0620 e. The molecule has 1 saturated heterocycles. The molecular weight excluding hydrogens is 222 g/mol. The van der Waals surface area contributed by atoms with Gasteiger partial charge in [0.1, 0.15) is 0 Å². The van der Waals surface area contributed by atoms with Crippen molar-refractivity contribution in [3.63, 3.8) is 0 Å². The van der Waals surface area contributed by atoms with Gasteiger partial charge in [-0.1, -0.05) is 0 Å². The highest BCUT2D eigenvalue weighted by molar-refractivity contribution is 5.05. The first-order chi connectivity index (χ1) is 8.73. The summed E-state index contributed by atoms with van der Waals surface area (Å²) in [7, 11) is 0. The molecule has 2 nitrogen and oxygen atoms in total. The van der Waals surface area contributed by atoms with Gasteiger partial charge in [-0.15, -0.1) is 0 Å². The van der Waals surface area contributed by atoms with E-state index < -0.39 is 0 Å². The molecule has 102 valence electrons. The second kappa shape index (κ2) is 4.21. The van der Waals surface area contributed by atoms with Gasteiger partial charge in [0, 0.05) is 18.7 Å². The highest BCUT2D eigenvalue weighted by Crippen LogP contribution is 2.61. The van der Waals surface area contributed by atoms with Crippen LogP contribution in [0.15, 0.2) is 0 Å². The molecule has 0 aromatic rings. The van der Waals surface area contributed by atoms with E-state index in [1.54, 1.807) is 19.3 Å². The van der Waals surface area contributed by atoms with Gasteiger partial charge in [0.2, 0.25) is 0 Å². The first-order valence-electron chi connectivity index (χ1n) is 8.07. The summed E-state index contributed by atoms with van der Waals surface area (Å²) in [5.74, 6) is 3.21. The second-order valence-electron chi connectivity index (χ2n) is 7.73. The number of rotatable bonds is 3. The standard InChI is InChI=1S/C16H27NO/c1-11(17-15-2-3-18-10-15)16-7-12-4-13(8-16)6-14(5-12)9-16/h11-15,17H,2-10H2,1H3. The molecule has 1 aliphatic heterocycles. The summed E-state index contributed by atoms with van der Waals surface area (Å²) in [6.45, 7) is 4.37. The zero-order valence-corrected chi connectivity index (χ0v) is 11.7. The van der Waals surface area contributed by atoms with E-state index in [2.05, 4.69) is 12.2 Å². The van der Waals surface area contributed by atoms with Gasteiger partial charge < -0.3 is 10.1 Å². The Bertz CT molecular complexity index is 286. The normalized spacial score (nSPS) is 51.8. The van der Waals surface area contributed by atoms with Crippen LogP contribution in [0.4, 0.5) is 0 Å². The quantitative estimate of drug-likeness (QED) is 0.830. The lowest BCUT2D eigenvalue weighted by molar-refractivity contribution is -0.0721. The predicted octanol–water partition coefficient (Wildman–Crippen LogP) is 2.97. The largest absolute Gasteiger partial charge is 0.380 e. The summed E-state index contributed by atoms with van der Waals surface area (Å²) in [6.07, 6.45) is 10.4. The highest BCUT2D eigenvalue weighted by atomic mass is 16.5. The zero-order chi connectivity index (χ0) is 12.2. The minimum Gasteiger partial charge on any atom is -0.380 e. The van der Waals surface area contributed by atoms with E-state index in [0.29, 0.717) is 17.5 Å². The summed E-state index contributed by atoms with van der Waals surface area (Å²) >= 11 is 0. The van der Waals surface area contributed by atoms with Crippen LogP contribution < -0.4 is 5.32 Å². The molecule has 5 rings (SSSR count). The molecule has 0 spiro atoms. The monoisotopic (exact) mass is 249 g/mol. The fraction of sp³-hybridized carbons (Fsp3) is 1.00. The van der Waals surface area contributed by atoms with Crippen LogP contribution >= 0.6 is 0 Å². The molecule has 2 atom stereocenters. The van der Waals surface area contributed by atoms with E-state index >= 15 is 0 Å². The average Bonchev–Trinajstić information content (AvgIpc) is 2.79. The van der Waals surface area contributed by atoms with Gasteiger partial charge in [-0.25, -0.2) is 0 Å². The van der Waals surface area contributed by atoms with Crippen molar-refractivity contribution in [1.82, 2.24) is 5.32 Å². The van der Waals surface area contributed by atoms with Crippen molar-refractivity contribution in [2.45, 2.75) is 64.0 Å². The molecule has 0 aromatic carbocycles. The van der Waals surface area contributed by atoms with Crippen LogP contribution in [0.1, 0.15) is 51.9 Å². The van der Waals surface area contributed by atoms with E-state index in [1.807, 2.05) is 0 Å². The van der Waals surface area contributed by atoms with Crippen LogP contribution in [0.3, 0.4) is 0 Å². The Morgan fingerprint density at radius 1 is 1.06 bits per heavy atom. The Balaban J connectivity index is 1.48. The van der Waals surface area contributed by atoms with Gasteiger partial charge in [0.05, 0.1) is 6.61 Å². The van der Waals surface area contributed by atoms with Crippen LogP contribution in [0.25, 0.3) is 0 Å². The lowest BCUT2D eigenvalue weighted by Gasteiger charge is -2.59. The lowest BCUT2D eigenvalue weighted by atomic mass is 9.48. The summed E-state index contributed by atoms with van der Waals surface area (Å²) in [4.78, 5) is 0. The summed E-state index contributed by atoms with van der Waals surface area (Å²) in [6, 6.07) is 1.34. The number of hydrogen-bond donors (Lipinski definition) is 1. The molecule has 4 aliphatic carbocycles. The highest BCUT2D eigenvalue weighted by Gasteiger charge is 2.53.